The molecule has 1 aliphatic heterocycles. The number of nitrogens with zero attached hydrogens (tertiary/aromatic N) is 1. The van der Waals surface area contributed by atoms with Crippen LogP contribution < -0.4 is 10.5 Å². The molecule has 2 rings (SSSR count). The Balaban J connectivity index is 1.96. The molecule has 0 aliphatic carbocycles. The number of methoxy groups -OCH3 is 1. The summed E-state index contributed by atoms with van der Waals surface area (Å²) < 4.78 is 5.09. The van der Waals surface area contributed by atoms with Crippen molar-refractivity contribution < 1.29 is 9.53 Å². The average molecular weight is 260 g/mol. The van der Waals surface area contributed by atoms with Gasteiger partial charge in [0, 0.05) is 25.2 Å². The van der Waals surface area contributed by atoms with E-state index in [-0.39, 0.29) is 11.9 Å². The summed E-state index contributed by atoms with van der Waals surface area (Å²) in [5.74, 6) is 1.21. The van der Waals surface area contributed by atoms with Crippen LogP contribution in [0.2, 0.25) is 0 Å². The quantitative estimate of drug-likeness (QED) is 0.838. The normalized spacial score (nSPS) is 23.0. The number of carbonyl (C=O) groups is 1. The third kappa shape index (κ3) is 3.35. The fourth-order valence-electron chi connectivity index (χ4n) is 2.16. The monoisotopic (exact) mass is 260 g/mol. The molecule has 2 N–H and O–H groups in total. The number of rotatable bonds is 3. The molecule has 0 radical (unpaired) electrons. The first-order valence-electron chi connectivity index (χ1n) is 6.47. The molecule has 1 aliphatic rings. The first-order valence-corrected chi connectivity index (χ1v) is 6.47. The maximum atomic E-state index is 12.0. The summed E-state index contributed by atoms with van der Waals surface area (Å²) in [5.41, 5.74) is 6.89. The zero-order chi connectivity index (χ0) is 13.8. The van der Waals surface area contributed by atoms with Crippen molar-refractivity contribution in [1.82, 2.24) is 4.90 Å². The fraction of sp³-hybridized carbons (Fsp3) is 0.400. The van der Waals surface area contributed by atoms with Crippen molar-refractivity contribution in [1.29, 1.82) is 0 Å². The molecular formula is C15H20N2O2. The van der Waals surface area contributed by atoms with Gasteiger partial charge in [-0.05, 0) is 29.7 Å². The Bertz CT molecular complexity index is 458. The van der Waals surface area contributed by atoms with Gasteiger partial charge in [-0.15, -0.1) is 0 Å². The molecule has 1 aromatic rings. The van der Waals surface area contributed by atoms with Crippen LogP contribution in [0.1, 0.15) is 12.5 Å². The lowest BCUT2D eigenvalue weighted by atomic mass is 10.1. The van der Waals surface area contributed by atoms with E-state index in [1.807, 2.05) is 30.3 Å². The number of benzene rings is 1. The number of hydrogen-bond acceptors (Lipinski definition) is 3. The van der Waals surface area contributed by atoms with Crippen molar-refractivity contribution in [2.45, 2.75) is 13.0 Å². The molecule has 0 saturated carbocycles. The molecule has 0 aromatic heterocycles. The summed E-state index contributed by atoms with van der Waals surface area (Å²) in [6, 6.07) is 7.68. The number of likely N-dealkylation sites (tertiary alicyclic amines) is 1. The van der Waals surface area contributed by atoms with E-state index in [9.17, 15) is 4.79 Å². The molecule has 2 unspecified atom stereocenters. The maximum Gasteiger partial charge on any atom is 0.246 e. The summed E-state index contributed by atoms with van der Waals surface area (Å²) >= 11 is 0. The van der Waals surface area contributed by atoms with Crippen molar-refractivity contribution >= 4 is 12.0 Å². The molecular weight excluding hydrogens is 240 g/mol. The topological polar surface area (TPSA) is 55.6 Å². The van der Waals surface area contributed by atoms with Gasteiger partial charge in [0.1, 0.15) is 5.75 Å². The molecule has 4 nitrogen and oxygen atoms in total. The maximum absolute atomic E-state index is 12.0. The minimum absolute atomic E-state index is 0.0237. The Hall–Kier alpha value is -1.81. The van der Waals surface area contributed by atoms with E-state index in [0.717, 1.165) is 17.9 Å². The molecule has 0 bridgehead atoms. The van der Waals surface area contributed by atoms with Crippen LogP contribution in [-0.4, -0.2) is 37.0 Å². The van der Waals surface area contributed by atoms with Crippen molar-refractivity contribution in [2.75, 3.05) is 20.2 Å². The molecule has 4 heteroatoms. The minimum Gasteiger partial charge on any atom is -0.497 e. The highest BCUT2D eigenvalue weighted by Crippen LogP contribution is 2.16. The fourth-order valence-corrected chi connectivity index (χ4v) is 2.16. The first-order chi connectivity index (χ1) is 9.10. The van der Waals surface area contributed by atoms with Crippen LogP contribution in [-0.2, 0) is 4.79 Å². The summed E-state index contributed by atoms with van der Waals surface area (Å²) in [4.78, 5) is 13.8. The van der Waals surface area contributed by atoms with E-state index in [0.29, 0.717) is 12.5 Å². The Morgan fingerprint density at radius 1 is 1.37 bits per heavy atom. The van der Waals surface area contributed by atoms with E-state index in [4.69, 9.17) is 10.5 Å². The molecule has 1 fully saturated rings. The average Bonchev–Trinajstić information content (AvgIpc) is 2.77. The van der Waals surface area contributed by atoms with Crippen LogP contribution in [0, 0.1) is 5.92 Å². The highest BCUT2D eigenvalue weighted by Gasteiger charge is 2.28. The lowest BCUT2D eigenvalue weighted by Gasteiger charge is -2.12. The van der Waals surface area contributed by atoms with Crippen LogP contribution in [0.15, 0.2) is 30.3 Å². The highest BCUT2D eigenvalue weighted by molar-refractivity contribution is 5.92. The van der Waals surface area contributed by atoms with E-state index < -0.39 is 0 Å². The molecule has 0 spiro atoms. The van der Waals surface area contributed by atoms with E-state index in [1.165, 1.54) is 0 Å². The SMILES string of the molecule is COc1ccc(/C=C/C(=O)N2CC(C)C(N)C2)cc1. The van der Waals surface area contributed by atoms with Crippen molar-refractivity contribution in [3.05, 3.63) is 35.9 Å². The van der Waals surface area contributed by atoms with E-state index in [2.05, 4.69) is 6.92 Å². The summed E-state index contributed by atoms with van der Waals surface area (Å²) in [6.45, 7) is 3.46. The van der Waals surface area contributed by atoms with Gasteiger partial charge in [-0.1, -0.05) is 19.1 Å². The van der Waals surface area contributed by atoms with Gasteiger partial charge in [0.05, 0.1) is 7.11 Å². The third-order valence-electron chi connectivity index (χ3n) is 3.52. The lowest BCUT2D eigenvalue weighted by Crippen LogP contribution is -2.31. The molecule has 2 atom stereocenters. The molecule has 102 valence electrons. The molecule has 1 heterocycles. The van der Waals surface area contributed by atoms with Crippen LogP contribution in [0.4, 0.5) is 0 Å². The van der Waals surface area contributed by atoms with Crippen molar-refractivity contribution in [3.8, 4) is 5.75 Å². The second-order valence-electron chi connectivity index (χ2n) is 4.99. The van der Waals surface area contributed by atoms with Crippen LogP contribution in [0.25, 0.3) is 6.08 Å². The lowest BCUT2D eigenvalue weighted by molar-refractivity contribution is -0.125. The third-order valence-corrected chi connectivity index (χ3v) is 3.52. The Morgan fingerprint density at radius 3 is 2.58 bits per heavy atom. The van der Waals surface area contributed by atoms with E-state index in [1.54, 1.807) is 18.1 Å². The van der Waals surface area contributed by atoms with Gasteiger partial charge in [-0.25, -0.2) is 0 Å². The summed E-state index contributed by atoms with van der Waals surface area (Å²) in [7, 11) is 1.63. The van der Waals surface area contributed by atoms with Gasteiger partial charge < -0.3 is 15.4 Å². The highest BCUT2D eigenvalue weighted by atomic mass is 16.5. The minimum atomic E-state index is 0.0237. The van der Waals surface area contributed by atoms with Crippen LogP contribution >= 0.6 is 0 Å². The Morgan fingerprint density at radius 2 is 2.05 bits per heavy atom. The second kappa shape index (κ2) is 5.89. The number of carbonyl (C=O) groups excluding carboxylic acids is 1. The number of hydrogen-bond donors (Lipinski definition) is 1. The largest absolute Gasteiger partial charge is 0.497 e. The van der Waals surface area contributed by atoms with Crippen molar-refractivity contribution in [3.63, 3.8) is 0 Å². The van der Waals surface area contributed by atoms with Gasteiger partial charge >= 0.3 is 0 Å². The standard InChI is InChI=1S/C15H20N2O2/c1-11-9-17(10-14(11)16)15(18)8-5-12-3-6-13(19-2)7-4-12/h3-8,11,14H,9-10,16H2,1-2H3/b8-5+. The number of nitrogens with two attached hydrogens (primary N) is 1. The Labute approximate surface area is 113 Å². The molecule has 1 saturated heterocycles. The number of ether oxygens (including phenoxy) is 1. The molecule has 19 heavy (non-hydrogen) atoms. The van der Waals surface area contributed by atoms with Gasteiger partial charge in [0.15, 0.2) is 0 Å². The summed E-state index contributed by atoms with van der Waals surface area (Å²) in [5, 5.41) is 0. The smallest absolute Gasteiger partial charge is 0.246 e. The first kappa shape index (κ1) is 13.6. The van der Waals surface area contributed by atoms with Gasteiger partial charge in [-0.3, -0.25) is 4.79 Å². The second-order valence-corrected chi connectivity index (χ2v) is 4.99. The Kier molecular flexibility index (Phi) is 4.22. The predicted molar refractivity (Wildman–Crippen MR) is 75.7 cm³/mol. The van der Waals surface area contributed by atoms with Gasteiger partial charge in [-0.2, -0.15) is 0 Å². The zero-order valence-corrected chi connectivity index (χ0v) is 11.4. The molecule has 1 amide bonds. The van der Waals surface area contributed by atoms with Crippen LogP contribution in [0.3, 0.4) is 0 Å². The zero-order valence-electron chi connectivity index (χ0n) is 11.4. The van der Waals surface area contributed by atoms with Gasteiger partial charge in [0.25, 0.3) is 0 Å². The predicted octanol–water partition coefficient (Wildman–Crippen LogP) is 1.51. The molecule has 1 aromatic carbocycles. The van der Waals surface area contributed by atoms with Crippen molar-refractivity contribution in [2.24, 2.45) is 11.7 Å². The van der Waals surface area contributed by atoms with Crippen LogP contribution in [0.5, 0.6) is 5.75 Å². The number of amides is 1. The van der Waals surface area contributed by atoms with Gasteiger partial charge in [0.2, 0.25) is 5.91 Å². The summed E-state index contributed by atoms with van der Waals surface area (Å²) in [6.07, 6.45) is 3.42. The van der Waals surface area contributed by atoms with E-state index >= 15 is 0 Å².